The topological polar surface area (TPSA) is 75.4 Å². The van der Waals surface area contributed by atoms with Gasteiger partial charge < -0.3 is 9.32 Å². The molecule has 1 saturated heterocycles. The first-order valence-corrected chi connectivity index (χ1v) is 9.23. The van der Waals surface area contributed by atoms with Crippen LogP contribution in [0.3, 0.4) is 0 Å². The van der Waals surface area contributed by atoms with Crippen LogP contribution in [0.1, 0.15) is 35.8 Å². The summed E-state index contributed by atoms with van der Waals surface area (Å²) in [6.07, 6.45) is 3.71. The molecule has 3 rings (SSSR count). The van der Waals surface area contributed by atoms with Gasteiger partial charge in [-0.2, -0.15) is 4.98 Å². The molecule has 1 aliphatic heterocycles. The van der Waals surface area contributed by atoms with Crippen LogP contribution in [0.5, 0.6) is 0 Å². The molecule has 0 radical (unpaired) electrons. The molecule has 0 aliphatic carbocycles. The molecule has 2 aromatic rings. The van der Waals surface area contributed by atoms with Crippen molar-refractivity contribution in [3.8, 4) is 0 Å². The van der Waals surface area contributed by atoms with E-state index < -0.39 is 0 Å². The second-order valence-corrected chi connectivity index (χ2v) is 7.02. The summed E-state index contributed by atoms with van der Waals surface area (Å²) in [5.74, 6) is -0.668. The minimum atomic E-state index is -0.313. The molecule has 26 heavy (non-hydrogen) atoms. The summed E-state index contributed by atoms with van der Waals surface area (Å²) < 4.78 is 5.23. The summed E-state index contributed by atoms with van der Waals surface area (Å²) in [7, 11) is 0. The Balaban J connectivity index is 1.65. The third-order valence-electron chi connectivity index (χ3n) is 4.39. The van der Waals surface area contributed by atoms with Gasteiger partial charge >= 0.3 is 6.01 Å². The van der Waals surface area contributed by atoms with E-state index in [0.717, 1.165) is 18.5 Å². The Morgan fingerprint density at radius 3 is 2.85 bits per heavy atom. The zero-order valence-corrected chi connectivity index (χ0v) is 15.8. The number of oxazole rings is 1. The zero-order chi connectivity index (χ0) is 18.7. The van der Waals surface area contributed by atoms with Gasteiger partial charge in [0, 0.05) is 18.7 Å². The minimum absolute atomic E-state index is 0.162. The van der Waals surface area contributed by atoms with Gasteiger partial charge in [0.2, 0.25) is 5.91 Å². The lowest BCUT2D eigenvalue weighted by atomic mass is 9.96. The van der Waals surface area contributed by atoms with Crippen molar-refractivity contribution in [3.05, 3.63) is 45.8 Å². The highest BCUT2D eigenvalue weighted by Crippen LogP contribution is 2.25. The maximum Gasteiger partial charge on any atom is 0.301 e. The van der Waals surface area contributed by atoms with E-state index in [1.807, 2.05) is 6.92 Å². The lowest BCUT2D eigenvalue weighted by Crippen LogP contribution is -2.43. The lowest BCUT2D eigenvalue weighted by Gasteiger charge is -2.32. The molecule has 1 aliphatic rings. The van der Waals surface area contributed by atoms with Gasteiger partial charge in [-0.25, -0.2) is 0 Å². The number of amides is 2. The lowest BCUT2D eigenvalue weighted by molar-refractivity contribution is -0.121. The Hall–Kier alpha value is -2.05. The number of aryl methyl sites for hydroxylation is 1. The average Bonchev–Trinajstić information content (AvgIpc) is 3.11. The number of likely N-dealkylation sites (tertiary alicyclic amines) is 1. The standard InChI is InChI=1S/C18H19Cl2N3O3/c1-2-13-10-26-18(21-13)22-16(24)12-4-3-7-23(9-12)17(25)11-5-6-14(19)15(20)8-11/h5-6,8,10,12H,2-4,7,9H2,1H3,(H,21,22,24)/t12-/m0/s1. The molecule has 6 nitrogen and oxygen atoms in total. The van der Waals surface area contributed by atoms with Gasteiger partial charge in [-0.05, 0) is 37.5 Å². The number of nitrogens with zero attached hydrogens (tertiary/aromatic N) is 2. The summed E-state index contributed by atoms with van der Waals surface area (Å²) in [6, 6.07) is 4.98. The SMILES string of the molecule is CCc1coc(NC(=O)[C@H]2CCCN(C(=O)c3ccc(Cl)c(Cl)c3)C2)n1. The van der Waals surface area contributed by atoms with Crippen LogP contribution in [0.4, 0.5) is 6.01 Å². The van der Waals surface area contributed by atoms with Gasteiger partial charge in [-0.15, -0.1) is 0 Å². The quantitative estimate of drug-likeness (QED) is 0.847. The van der Waals surface area contributed by atoms with Gasteiger partial charge in [0.1, 0.15) is 6.26 Å². The predicted octanol–water partition coefficient (Wildman–Crippen LogP) is 4.03. The summed E-state index contributed by atoms with van der Waals surface area (Å²) in [5.41, 5.74) is 1.24. The van der Waals surface area contributed by atoms with Crippen molar-refractivity contribution >= 4 is 41.0 Å². The van der Waals surface area contributed by atoms with E-state index in [1.165, 1.54) is 6.26 Å². The smallest absolute Gasteiger partial charge is 0.301 e. The number of carbonyl (C=O) groups is 2. The van der Waals surface area contributed by atoms with E-state index in [4.69, 9.17) is 27.6 Å². The van der Waals surface area contributed by atoms with Gasteiger partial charge in [0.25, 0.3) is 5.91 Å². The van der Waals surface area contributed by atoms with Gasteiger partial charge in [-0.3, -0.25) is 14.9 Å². The molecule has 2 heterocycles. The fraction of sp³-hybridized carbons (Fsp3) is 0.389. The third kappa shape index (κ3) is 4.19. The largest absolute Gasteiger partial charge is 0.432 e. The monoisotopic (exact) mass is 395 g/mol. The summed E-state index contributed by atoms with van der Waals surface area (Å²) in [4.78, 5) is 31.0. The highest BCUT2D eigenvalue weighted by atomic mass is 35.5. The molecule has 1 N–H and O–H groups in total. The molecule has 1 aromatic heterocycles. The molecule has 1 fully saturated rings. The van der Waals surface area contributed by atoms with Crippen molar-refractivity contribution in [2.45, 2.75) is 26.2 Å². The first kappa shape index (κ1) is 18.7. The normalized spacial score (nSPS) is 17.2. The number of benzene rings is 1. The van der Waals surface area contributed by atoms with Crippen molar-refractivity contribution in [1.82, 2.24) is 9.88 Å². The molecule has 1 atom stereocenters. The Morgan fingerprint density at radius 1 is 1.35 bits per heavy atom. The molecule has 8 heteroatoms. The predicted molar refractivity (Wildman–Crippen MR) is 99.6 cm³/mol. The van der Waals surface area contributed by atoms with Crippen molar-refractivity contribution in [2.75, 3.05) is 18.4 Å². The molecule has 138 valence electrons. The molecule has 0 unspecified atom stereocenters. The van der Waals surface area contributed by atoms with Crippen LogP contribution >= 0.6 is 23.2 Å². The first-order chi connectivity index (χ1) is 12.5. The van der Waals surface area contributed by atoms with E-state index in [0.29, 0.717) is 35.1 Å². The third-order valence-corrected chi connectivity index (χ3v) is 5.13. The van der Waals surface area contributed by atoms with Crippen molar-refractivity contribution in [3.63, 3.8) is 0 Å². The van der Waals surface area contributed by atoms with Crippen molar-refractivity contribution in [2.24, 2.45) is 5.92 Å². The number of rotatable bonds is 4. The van der Waals surface area contributed by atoms with E-state index in [9.17, 15) is 9.59 Å². The number of halogens is 2. The first-order valence-electron chi connectivity index (χ1n) is 8.47. The van der Waals surface area contributed by atoms with E-state index in [2.05, 4.69) is 10.3 Å². The molecule has 0 spiro atoms. The molecule has 0 bridgehead atoms. The van der Waals surface area contributed by atoms with Crippen molar-refractivity contribution in [1.29, 1.82) is 0 Å². The number of nitrogens with one attached hydrogen (secondary N) is 1. The second-order valence-electron chi connectivity index (χ2n) is 6.21. The minimum Gasteiger partial charge on any atom is -0.432 e. The van der Waals surface area contributed by atoms with E-state index in [1.54, 1.807) is 23.1 Å². The zero-order valence-electron chi connectivity index (χ0n) is 14.3. The van der Waals surface area contributed by atoms with Gasteiger partial charge in [0.05, 0.1) is 21.7 Å². The maximum absolute atomic E-state index is 12.7. The molecular formula is C18H19Cl2N3O3. The van der Waals surface area contributed by atoms with Gasteiger partial charge in [0.15, 0.2) is 0 Å². The Bertz CT molecular complexity index is 822. The molecule has 2 amide bonds. The summed E-state index contributed by atoms with van der Waals surface area (Å²) >= 11 is 11.9. The number of anilines is 1. The van der Waals surface area contributed by atoms with Crippen LogP contribution in [0.25, 0.3) is 0 Å². The van der Waals surface area contributed by atoms with E-state index in [-0.39, 0.29) is 23.7 Å². The van der Waals surface area contributed by atoms with Crippen LogP contribution in [-0.4, -0.2) is 34.8 Å². The Kier molecular flexibility index (Phi) is 5.84. The van der Waals surface area contributed by atoms with Gasteiger partial charge in [-0.1, -0.05) is 30.1 Å². The molecule has 0 saturated carbocycles. The van der Waals surface area contributed by atoms with Crippen LogP contribution in [-0.2, 0) is 11.2 Å². The number of aromatic nitrogens is 1. The Labute approximate surface area is 161 Å². The summed E-state index contributed by atoms with van der Waals surface area (Å²) in [5, 5.41) is 3.42. The number of carbonyl (C=O) groups excluding carboxylic acids is 2. The second kappa shape index (κ2) is 8.10. The number of hydrogen-bond acceptors (Lipinski definition) is 4. The van der Waals surface area contributed by atoms with Crippen molar-refractivity contribution < 1.29 is 14.0 Å². The number of hydrogen-bond donors (Lipinski definition) is 1. The fourth-order valence-electron chi connectivity index (χ4n) is 2.92. The van der Waals surface area contributed by atoms with Crippen LogP contribution in [0, 0.1) is 5.92 Å². The maximum atomic E-state index is 12.7. The average molecular weight is 396 g/mol. The Morgan fingerprint density at radius 2 is 2.15 bits per heavy atom. The highest BCUT2D eigenvalue weighted by molar-refractivity contribution is 6.42. The van der Waals surface area contributed by atoms with E-state index >= 15 is 0 Å². The molecular weight excluding hydrogens is 377 g/mol. The summed E-state index contributed by atoms with van der Waals surface area (Å²) in [6.45, 7) is 2.89. The van der Waals surface area contributed by atoms with Crippen LogP contribution < -0.4 is 5.32 Å². The molecule has 1 aromatic carbocycles. The number of piperidine rings is 1. The highest BCUT2D eigenvalue weighted by Gasteiger charge is 2.29. The van der Waals surface area contributed by atoms with Crippen LogP contribution in [0.15, 0.2) is 28.9 Å². The fourth-order valence-corrected chi connectivity index (χ4v) is 3.22. The van der Waals surface area contributed by atoms with Crippen LogP contribution in [0.2, 0.25) is 10.0 Å².